The summed E-state index contributed by atoms with van der Waals surface area (Å²) in [5.41, 5.74) is 7.99. The van der Waals surface area contributed by atoms with Crippen LogP contribution in [0.1, 0.15) is 30.3 Å². The minimum Gasteiger partial charge on any atom is -0.497 e. The topological polar surface area (TPSA) is 62.3 Å². The van der Waals surface area contributed by atoms with Gasteiger partial charge in [0, 0.05) is 42.9 Å². The maximum Gasteiger partial charge on any atom is 0.131 e. The molecule has 134 valence electrons. The number of halogens is 1. The predicted octanol–water partition coefficient (Wildman–Crippen LogP) is 2.08. The zero-order valence-corrected chi connectivity index (χ0v) is 14.7. The van der Waals surface area contributed by atoms with Gasteiger partial charge in [-0.2, -0.15) is 0 Å². The Bertz CT molecular complexity index is 699. The van der Waals surface area contributed by atoms with Crippen LogP contribution in [0.15, 0.2) is 36.8 Å². The lowest BCUT2D eigenvalue weighted by Gasteiger charge is -2.29. The van der Waals surface area contributed by atoms with Gasteiger partial charge in [-0.15, -0.1) is 0 Å². The highest BCUT2D eigenvalue weighted by atomic mass is 19.1. The van der Waals surface area contributed by atoms with Gasteiger partial charge in [-0.3, -0.25) is 10.3 Å². The van der Waals surface area contributed by atoms with E-state index in [0.717, 1.165) is 18.8 Å². The Hall–Kier alpha value is -2.09. The Labute approximate surface area is 147 Å². The normalized spacial score (nSPS) is 21.5. The zero-order valence-electron chi connectivity index (χ0n) is 14.7. The van der Waals surface area contributed by atoms with Gasteiger partial charge in [-0.1, -0.05) is 6.07 Å². The second-order valence-electron chi connectivity index (χ2n) is 6.40. The first-order valence-corrected chi connectivity index (χ1v) is 8.38. The average molecular weight is 345 g/mol. The molecule has 0 saturated carbocycles. The number of benzene rings is 1. The summed E-state index contributed by atoms with van der Waals surface area (Å²) < 4.78 is 19.5. The van der Waals surface area contributed by atoms with Crippen LogP contribution in [0, 0.1) is 11.7 Å². The number of hydrogen-bond donors (Lipinski definition) is 2. The SMILES string of the molecule is COc1ccc(C2NNCC2CN(C)C(C)c2ccncn2)c(F)c1. The summed E-state index contributed by atoms with van der Waals surface area (Å²) in [4.78, 5) is 10.5. The first-order chi connectivity index (χ1) is 12.1. The molecule has 1 fully saturated rings. The van der Waals surface area contributed by atoms with Crippen molar-refractivity contribution in [3.05, 3.63) is 53.9 Å². The molecule has 25 heavy (non-hydrogen) atoms. The van der Waals surface area contributed by atoms with Crippen molar-refractivity contribution in [2.24, 2.45) is 5.92 Å². The third kappa shape index (κ3) is 3.95. The van der Waals surface area contributed by atoms with E-state index in [9.17, 15) is 4.39 Å². The Morgan fingerprint density at radius 3 is 2.92 bits per heavy atom. The van der Waals surface area contributed by atoms with E-state index in [0.29, 0.717) is 11.3 Å². The van der Waals surface area contributed by atoms with Crippen molar-refractivity contribution in [1.82, 2.24) is 25.7 Å². The summed E-state index contributed by atoms with van der Waals surface area (Å²) in [6.45, 7) is 3.69. The van der Waals surface area contributed by atoms with Gasteiger partial charge in [0.05, 0.1) is 18.8 Å². The fraction of sp³-hybridized carbons (Fsp3) is 0.444. The van der Waals surface area contributed by atoms with Crippen LogP contribution in [-0.2, 0) is 0 Å². The van der Waals surface area contributed by atoms with Crippen LogP contribution < -0.4 is 15.6 Å². The number of rotatable bonds is 6. The molecule has 1 saturated heterocycles. The molecule has 1 aliphatic heterocycles. The summed E-state index contributed by atoms with van der Waals surface area (Å²) in [6, 6.07) is 7.01. The lowest BCUT2D eigenvalue weighted by molar-refractivity contribution is 0.211. The van der Waals surface area contributed by atoms with Crippen LogP contribution in [0.2, 0.25) is 0 Å². The van der Waals surface area contributed by atoms with Crippen molar-refractivity contribution in [1.29, 1.82) is 0 Å². The van der Waals surface area contributed by atoms with Crippen molar-refractivity contribution in [2.75, 3.05) is 27.2 Å². The van der Waals surface area contributed by atoms with Crippen LogP contribution in [0.3, 0.4) is 0 Å². The Morgan fingerprint density at radius 1 is 1.40 bits per heavy atom. The number of ether oxygens (including phenoxy) is 1. The van der Waals surface area contributed by atoms with E-state index < -0.39 is 0 Å². The molecule has 0 aliphatic carbocycles. The number of methoxy groups -OCH3 is 1. The molecule has 0 amide bonds. The summed E-state index contributed by atoms with van der Waals surface area (Å²) in [6.07, 6.45) is 3.31. The Kier molecular flexibility index (Phi) is 5.57. The van der Waals surface area contributed by atoms with Crippen molar-refractivity contribution in [3.8, 4) is 5.75 Å². The highest BCUT2D eigenvalue weighted by Crippen LogP contribution is 2.30. The van der Waals surface area contributed by atoms with Crippen LogP contribution in [-0.4, -0.2) is 42.1 Å². The molecular formula is C18H24FN5O. The molecule has 6 nitrogen and oxygen atoms in total. The fourth-order valence-corrected chi connectivity index (χ4v) is 3.23. The Morgan fingerprint density at radius 2 is 2.24 bits per heavy atom. The van der Waals surface area contributed by atoms with Crippen molar-refractivity contribution < 1.29 is 9.13 Å². The summed E-state index contributed by atoms with van der Waals surface area (Å²) in [5, 5.41) is 0. The van der Waals surface area contributed by atoms with E-state index in [1.807, 2.05) is 6.07 Å². The van der Waals surface area contributed by atoms with E-state index in [1.165, 1.54) is 13.2 Å². The van der Waals surface area contributed by atoms with Crippen molar-refractivity contribution in [3.63, 3.8) is 0 Å². The Balaban J connectivity index is 1.71. The molecule has 1 aromatic heterocycles. The van der Waals surface area contributed by atoms with E-state index in [-0.39, 0.29) is 23.8 Å². The standard InChI is InChI=1S/C18H24FN5O/c1-12(17-6-7-20-11-21-17)24(2)10-13-9-22-23-18(13)15-5-4-14(25-3)8-16(15)19/h4-8,11-13,18,22-23H,9-10H2,1-3H3. The van der Waals surface area contributed by atoms with E-state index in [1.54, 1.807) is 24.7 Å². The molecule has 3 atom stereocenters. The average Bonchev–Trinajstić information content (AvgIpc) is 3.09. The maximum absolute atomic E-state index is 14.4. The summed E-state index contributed by atoms with van der Waals surface area (Å²) >= 11 is 0. The molecule has 3 unspecified atom stereocenters. The highest BCUT2D eigenvalue weighted by molar-refractivity contribution is 5.31. The molecule has 3 rings (SSSR count). The van der Waals surface area contributed by atoms with E-state index in [2.05, 4.69) is 39.7 Å². The molecule has 7 heteroatoms. The van der Waals surface area contributed by atoms with Gasteiger partial charge in [0.1, 0.15) is 17.9 Å². The molecule has 2 aromatic rings. The second kappa shape index (κ2) is 7.86. The minimum absolute atomic E-state index is 0.0917. The molecule has 2 heterocycles. The molecule has 1 aliphatic rings. The summed E-state index contributed by atoms with van der Waals surface area (Å²) in [7, 11) is 3.60. The molecular weight excluding hydrogens is 321 g/mol. The van der Waals surface area contributed by atoms with Crippen LogP contribution in [0.4, 0.5) is 4.39 Å². The van der Waals surface area contributed by atoms with Crippen LogP contribution in [0.5, 0.6) is 5.75 Å². The van der Waals surface area contributed by atoms with Crippen molar-refractivity contribution >= 4 is 0 Å². The lowest BCUT2D eigenvalue weighted by Crippen LogP contribution is -2.32. The van der Waals surface area contributed by atoms with Gasteiger partial charge in [-0.05, 0) is 26.1 Å². The van der Waals surface area contributed by atoms with Crippen LogP contribution in [0.25, 0.3) is 0 Å². The number of nitrogens with zero attached hydrogens (tertiary/aromatic N) is 3. The van der Waals surface area contributed by atoms with Gasteiger partial charge in [0.15, 0.2) is 0 Å². The molecule has 0 spiro atoms. The maximum atomic E-state index is 14.4. The van der Waals surface area contributed by atoms with Crippen LogP contribution >= 0.6 is 0 Å². The monoisotopic (exact) mass is 345 g/mol. The van der Waals surface area contributed by atoms with Gasteiger partial charge >= 0.3 is 0 Å². The zero-order chi connectivity index (χ0) is 17.8. The third-order valence-electron chi connectivity index (χ3n) is 4.85. The number of nitrogens with one attached hydrogen (secondary N) is 2. The largest absolute Gasteiger partial charge is 0.497 e. The van der Waals surface area contributed by atoms with E-state index in [4.69, 9.17) is 4.74 Å². The predicted molar refractivity (Wildman–Crippen MR) is 93.4 cm³/mol. The fourth-order valence-electron chi connectivity index (χ4n) is 3.23. The first kappa shape index (κ1) is 17.7. The van der Waals surface area contributed by atoms with Gasteiger partial charge in [-0.25, -0.2) is 19.8 Å². The van der Waals surface area contributed by atoms with Gasteiger partial charge < -0.3 is 4.74 Å². The first-order valence-electron chi connectivity index (χ1n) is 8.38. The highest BCUT2D eigenvalue weighted by Gasteiger charge is 2.32. The number of hydrogen-bond acceptors (Lipinski definition) is 6. The minimum atomic E-state index is -0.253. The van der Waals surface area contributed by atoms with E-state index >= 15 is 0 Å². The molecule has 0 bridgehead atoms. The molecule has 2 N–H and O–H groups in total. The lowest BCUT2D eigenvalue weighted by atomic mass is 9.93. The quantitative estimate of drug-likeness (QED) is 0.836. The summed E-state index contributed by atoms with van der Waals surface area (Å²) in [5.74, 6) is 0.507. The second-order valence-corrected chi connectivity index (χ2v) is 6.40. The molecule has 1 aromatic carbocycles. The van der Waals surface area contributed by atoms with Gasteiger partial charge in [0.25, 0.3) is 0 Å². The third-order valence-corrected chi connectivity index (χ3v) is 4.85. The number of aromatic nitrogens is 2. The number of hydrazine groups is 1. The smallest absolute Gasteiger partial charge is 0.131 e. The van der Waals surface area contributed by atoms with Crippen molar-refractivity contribution in [2.45, 2.75) is 19.0 Å². The molecule has 0 radical (unpaired) electrons. The van der Waals surface area contributed by atoms with Gasteiger partial charge in [0.2, 0.25) is 0 Å².